The molecular formula is C10H13N3O6. The van der Waals surface area contributed by atoms with Gasteiger partial charge in [0.05, 0.1) is 7.05 Å². The van der Waals surface area contributed by atoms with Crippen molar-refractivity contribution in [3.05, 3.63) is 27.9 Å². The Kier molecular flexibility index (Phi) is 4.59. The fourth-order valence-electron chi connectivity index (χ4n) is 1.45. The van der Waals surface area contributed by atoms with Crippen LogP contribution < -0.4 is 5.32 Å². The molecule has 0 bridgehead atoms. The fourth-order valence-corrected chi connectivity index (χ4v) is 1.45. The minimum atomic E-state index is -1.55. The highest BCUT2D eigenvalue weighted by molar-refractivity contribution is 5.93. The minimum absolute atomic E-state index is 0.0503. The van der Waals surface area contributed by atoms with Crippen LogP contribution in [0.4, 0.5) is 5.82 Å². The second-order valence-electron chi connectivity index (χ2n) is 3.79. The van der Waals surface area contributed by atoms with Crippen LogP contribution in [-0.4, -0.2) is 44.2 Å². The van der Waals surface area contributed by atoms with E-state index in [1.54, 1.807) is 0 Å². The summed E-state index contributed by atoms with van der Waals surface area (Å²) in [6.45, 7) is -0.0503. The van der Waals surface area contributed by atoms with E-state index in [-0.39, 0.29) is 24.5 Å². The Morgan fingerprint density at radius 3 is 2.63 bits per heavy atom. The SMILES string of the molecule is Cn1c(C(=O)NCC[C@H](O)C(=O)O)ccc1[N+](=O)[O-]. The molecule has 1 aromatic heterocycles. The predicted octanol–water partition coefficient (Wildman–Crippen LogP) is -0.501. The van der Waals surface area contributed by atoms with Gasteiger partial charge in [0, 0.05) is 19.0 Å². The maximum Gasteiger partial charge on any atom is 0.332 e. The number of hydrogen-bond acceptors (Lipinski definition) is 5. The number of carboxylic acids is 1. The lowest BCUT2D eigenvalue weighted by Crippen LogP contribution is -2.31. The zero-order valence-electron chi connectivity index (χ0n) is 10.1. The van der Waals surface area contributed by atoms with Gasteiger partial charge < -0.3 is 25.6 Å². The van der Waals surface area contributed by atoms with E-state index in [0.717, 1.165) is 4.57 Å². The second-order valence-corrected chi connectivity index (χ2v) is 3.79. The zero-order chi connectivity index (χ0) is 14.6. The summed E-state index contributed by atoms with van der Waals surface area (Å²) >= 11 is 0. The van der Waals surface area contributed by atoms with Gasteiger partial charge >= 0.3 is 11.8 Å². The van der Waals surface area contributed by atoms with Gasteiger partial charge in [0.25, 0.3) is 5.91 Å². The number of nitro groups is 1. The van der Waals surface area contributed by atoms with Gasteiger partial charge in [-0.2, -0.15) is 0 Å². The van der Waals surface area contributed by atoms with Crippen molar-refractivity contribution in [1.29, 1.82) is 0 Å². The van der Waals surface area contributed by atoms with E-state index in [1.807, 2.05) is 0 Å². The molecule has 3 N–H and O–H groups in total. The normalized spacial score (nSPS) is 11.9. The Hall–Kier alpha value is -2.42. The molecule has 0 aliphatic heterocycles. The standard InChI is InChI=1S/C10H13N3O6/c1-12-6(2-3-8(12)13(18)19)9(15)11-5-4-7(14)10(16)17/h2-3,7,14H,4-5H2,1H3,(H,11,15)(H,16,17)/t7-/m0/s1. The first kappa shape index (κ1) is 14.6. The number of aliphatic hydroxyl groups excluding tert-OH is 1. The van der Waals surface area contributed by atoms with Gasteiger partial charge in [-0.3, -0.25) is 4.79 Å². The third-order valence-corrected chi connectivity index (χ3v) is 2.50. The molecule has 1 rings (SSSR count). The third-order valence-electron chi connectivity index (χ3n) is 2.50. The second kappa shape index (κ2) is 5.96. The highest BCUT2D eigenvalue weighted by atomic mass is 16.6. The maximum atomic E-state index is 11.7. The first-order valence-electron chi connectivity index (χ1n) is 5.33. The quantitative estimate of drug-likeness (QED) is 0.471. The van der Waals surface area contributed by atoms with E-state index in [0.29, 0.717) is 0 Å². The Morgan fingerprint density at radius 1 is 1.53 bits per heavy atom. The molecule has 0 saturated carbocycles. The number of nitrogens with zero attached hydrogens (tertiary/aromatic N) is 2. The number of carbonyl (C=O) groups excluding carboxylic acids is 1. The van der Waals surface area contributed by atoms with Gasteiger partial charge in [0.15, 0.2) is 11.8 Å². The van der Waals surface area contributed by atoms with Gasteiger partial charge in [0.2, 0.25) is 0 Å². The molecule has 1 atom stereocenters. The van der Waals surface area contributed by atoms with Crippen LogP contribution in [0.15, 0.2) is 12.1 Å². The van der Waals surface area contributed by atoms with Crippen LogP contribution in [0, 0.1) is 10.1 Å². The van der Waals surface area contributed by atoms with E-state index in [9.17, 15) is 19.7 Å². The van der Waals surface area contributed by atoms with Crippen LogP contribution >= 0.6 is 0 Å². The van der Waals surface area contributed by atoms with E-state index in [4.69, 9.17) is 10.2 Å². The largest absolute Gasteiger partial charge is 0.479 e. The van der Waals surface area contributed by atoms with E-state index in [1.165, 1.54) is 19.2 Å². The molecule has 0 spiro atoms. The van der Waals surface area contributed by atoms with Crippen molar-refractivity contribution in [2.24, 2.45) is 7.05 Å². The highest BCUT2D eigenvalue weighted by Gasteiger charge is 2.20. The van der Waals surface area contributed by atoms with Gasteiger partial charge in [-0.25, -0.2) is 9.36 Å². The number of nitrogens with one attached hydrogen (secondary N) is 1. The van der Waals surface area contributed by atoms with Gasteiger partial charge in [-0.1, -0.05) is 0 Å². The van der Waals surface area contributed by atoms with Gasteiger partial charge in [0.1, 0.15) is 0 Å². The molecule has 1 aromatic rings. The maximum absolute atomic E-state index is 11.7. The van der Waals surface area contributed by atoms with Crippen LogP contribution in [0.2, 0.25) is 0 Å². The first-order valence-corrected chi connectivity index (χ1v) is 5.33. The van der Waals surface area contributed by atoms with Gasteiger partial charge in [-0.05, 0) is 11.0 Å². The Bertz CT molecular complexity index is 509. The summed E-state index contributed by atoms with van der Waals surface area (Å²) < 4.78 is 1.11. The lowest BCUT2D eigenvalue weighted by Gasteiger charge is -2.06. The van der Waals surface area contributed by atoms with Gasteiger partial charge in [-0.15, -0.1) is 0 Å². The summed E-state index contributed by atoms with van der Waals surface area (Å²) in [5.41, 5.74) is 0.0801. The summed E-state index contributed by atoms with van der Waals surface area (Å²) in [6.07, 6.45) is -1.70. The molecule has 0 unspecified atom stereocenters. The van der Waals surface area contributed by atoms with Crippen molar-refractivity contribution < 1.29 is 24.7 Å². The molecule has 0 radical (unpaired) electrons. The highest BCUT2D eigenvalue weighted by Crippen LogP contribution is 2.14. The topological polar surface area (TPSA) is 135 Å². The van der Waals surface area contributed by atoms with Crippen LogP contribution in [-0.2, 0) is 11.8 Å². The summed E-state index contributed by atoms with van der Waals surface area (Å²) in [5.74, 6) is -2.17. The van der Waals surface area contributed by atoms with Crippen LogP contribution in [0.5, 0.6) is 0 Å². The molecule has 0 aromatic carbocycles. The number of amides is 1. The molecule has 9 heteroatoms. The molecule has 104 valence electrons. The molecule has 1 amide bonds. The summed E-state index contributed by atoms with van der Waals surface area (Å²) in [7, 11) is 1.37. The lowest BCUT2D eigenvalue weighted by molar-refractivity contribution is -0.391. The van der Waals surface area contributed by atoms with Crippen LogP contribution in [0.25, 0.3) is 0 Å². The average Bonchev–Trinajstić information content (AvgIpc) is 2.70. The fraction of sp³-hybridized carbons (Fsp3) is 0.400. The first-order chi connectivity index (χ1) is 8.84. The molecule has 0 fully saturated rings. The van der Waals surface area contributed by atoms with Crippen molar-refractivity contribution in [2.75, 3.05) is 6.54 Å². The number of carbonyl (C=O) groups is 2. The van der Waals surface area contributed by atoms with E-state index < -0.39 is 22.9 Å². The number of aliphatic carboxylic acids is 1. The minimum Gasteiger partial charge on any atom is -0.479 e. The lowest BCUT2D eigenvalue weighted by atomic mass is 10.2. The molecular weight excluding hydrogens is 258 g/mol. The molecule has 9 nitrogen and oxygen atoms in total. The zero-order valence-corrected chi connectivity index (χ0v) is 10.1. The molecule has 19 heavy (non-hydrogen) atoms. The van der Waals surface area contributed by atoms with Crippen molar-refractivity contribution >= 4 is 17.7 Å². The van der Waals surface area contributed by atoms with Crippen molar-refractivity contribution in [2.45, 2.75) is 12.5 Å². The Labute approximate surface area is 107 Å². The molecule has 0 aliphatic carbocycles. The number of hydrogen-bond donors (Lipinski definition) is 3. The molecule has 1 heterocycles. The Balaban J connectivity index is 2.60. The van der Waals surface area contributed by atoms with Crippen molar-refractivity contribution in [1.82, 2.24) is 9.88 Å². The number of aliphatic hydroxyl groups is 1. The smallest absolute Gasteiger partial charge is 0.332 e. The molecule has 0 saturated heterocycles. The van der Waals surface area contributed by atoms with E-state index in [2.05, 4.69) is 5.32 Å². The number of aromatic nitrogens is 1. The number of carboxylic acid groups (broad SMARTS) is 1. The summed E-state index contributed by atoms with van der Waals surface area (Å²) in [5, 5.41) is 30.4. The van der Waals surface area contributed by atoms with E-state index >= 15 is 0 Å². The number of rotatable bonds is 6. The predicted molar refractivity (Wildman–Crippen MR) is 62.7 cm³/mol. The monoisotopic (exact) mass is 271 g/mol. The van der Waals surface area contributed by atoms with Crippen LogP contribution in [0.1, 0.15) is 16.9 Å². The summed E-state index contributed by atoms with van der Waals surface area (Å²) in [4.78, 5) is 32.0. The van der Waals surface area contributed by atoms with Crippen molar-refractivity contribution in [3.8, 4) is 0 Å². The Morgan fingerprint density at radius 2 is 2.16 bits per heavy atom. The van der Waals surface area contributed by atoms with Crippen LogP contribution in [0.3, 0.4) is 0 Å². The summed E-state index contributed by atoms with van der Waals surface area (Å²) in [6, 6.07) is 2.49. The average molecular weight is 271 g/mol. The van der Waals surface area contributed by atoms with Crippen molar-refractivity contribution in [3.63, 3.8) is 0 Å². The molecule has 0 aliphatic rings. The third kappa shape index (κ3) is 3.52.